The second kappa shape index (κ2) is 6.45. The van der Waals surface area contributed by atoms with Crippen LogP contribution < -0.4 is 10.5 Å². The van der Waals surface area contributed by atoms with E-state index in [2.05, 4.69) is 17.2 Å². The smallest absolute Gasteiger partial charge is 0.238 e. The standard InChI is InChI=1S/C13H17N3O2S2/c1-10(13-16-8-9-19-13)15-7-6-11-2-4-12(5-3-11)20(14,17)18/h2-5,8-10,15H,6-7H2,1H3,(H2,14,17,18). The minimum absolute atomic E-state index is 0.144. The average molecular weight is 311 g/mol. The molecule has 2 aromatic rings. The van der Waals surface area contributed by atoms with Gasteiger partial charge in [-0.25, -0.2) is 18.5 Å². The molecule has 7 heteroatoms. The first-order chi connectivity index (χ1) is 9.47. The normalized spacial score (nSPS) is 13.3. The second-order valence-corrected chi connectivity index (χ2v) is 6.97. The molecule has 0 spiro atoms. The molecule has 0 aliphatic carbocycles. The third kappa shape index (κ3) is 4.11. The molecule has 20 heavy (non-hydrogen) atoms. The van der Waals surface area contributed by atoms with Gasteiger partial charge in [-0.2, -0.15) is 0 Å². The SMILES string of the molecule is CC(NCCc1ccc(S(N)(=O)=O)cc1)c1nccs1. The summed E-state index contributed by atoms with van der Waals surface area (Å²) in [6.45, 7) is 2.87. The molecule has 0 aliphatic heterocycles. The molecule has 1 atom stereocenters. The summed E-state index contributed by atoms with van der Waals surface area (Å²) in [6.07, 6.45) is 2.62. The molecular weight excluding hydrogens is 294 g/mol. The van der Waals surface area contributed by atoms with Gasteiger partial charge in [-0.3, -0.25) is 0 Å². The van der Waals surface area contributed by atoms with Crippen LogP contribution in [-0.4, -0.2) is 19.9 Å². The van der Waals surface area contributed by atoms with E-state index in [4.69, 9.17) is 5.14 Å². The Morgan fingerprint density at radius 3 is 2.60 bits per heavy atom. The summed E-state index contributed by atoms with van der Waals surface area (Å²) < 4.78 is 22.3. The maximum atomic E-state index is 11.1. The Labute approximate surface area is 122 Å². The highest BCUT2D eigenvalue weighted by Gasteiger charge is 2.08. The molecule has 1 aromatic carbocycles. The molecule has 3 N–H and O–H groups in total. The lowest BCUT2D eigenvalue weighted by Crippen LogP contribution is -2.21. The third-order valence-corrected chi connectivity index (χ3v) is 4.83. The van der Waals surface area contributed by atoms with Gasteiger partial charge in [0.1, 0.15) is 5.01 Å². The van der Waals surface area contributed by atoms with Crippen LogP contribution in [0.3, 0.4) is 0 Å². The van der Waals surface area contributed by atoms with Crippen molar-refractivity contribution in [2.75, 3.05) is 6.54 Å². The Kier molecular flexibility index (Phi) is 4.87. The molecule has 0 fully saturated rings. The summed E-state index contributed by atoms with van der Waals surface area (Å²) >= 11 is 1.63. The van der Waals surface area contributed by atoms with Crippen molar-refractivity contribution in [2.45, 2.75) is 24.3 Å². The number of hydrogen-bond donors (Lipinski definition) is 2. The van der Waals surface area contributed by atoms with Crippen LogP contribution >= 0.6 is 11.3 Å². The van der Waals surface area contributed by atoms with Crippen molar-refractivity contribution in [3.8, 4) is 0 Å². The van der Waals surface area contributed by atoms with Gasteiger partial charge < -0.3 is 5.32 Å². The van der Waals surface area contributed by atoms with Gasteiger partial charge in [-0.15, -0.1) is 11.3 Å². The number of primary sulfonamides is 1. The summed E-state index contributed by atoms with van der Waals surface area (Å²) in [5.74, 6) is 0. The fraction of sp³-hybridized carbons (Fsp3) is 0.308. The monoisotopic (exact) mass is 311 g/mol. The molecule has 0 saturated carbocycles. The van der Waals surface area contributed by atoms with E-state index >= 15 is 0 Å². The number of nitrogens with one attached hydrogen (secondary N) is 1. The minimum Gasteiger partial charge on any atom is -0.308 e. The van der Waals surface area contributed by atoms with Crippen LogP contribution in [0, 0.1) is 0 Å². The largest absolute Gasteiger partial charge is 0.308 e. The topological polar surface area (TPSA) is 85.1 Å². The van der Waals surface area contributed by atoms with Crippen molar-refractivity contribution in [3.05, 3.63) is 46.4 Å². The van der Waals surface area contributed by atoms with Crippen molar-refractivity contribution in [1.29, 1.82) is 0 Å². The van der Waals surface area contributed by atoms with E-state index in [1.165, 1.54) is 12.1 Å². The molecule has 108 valence electrons. The van der Waals surface area contributed by atoms with Crippen LogP contribution in [0.1, 0.15) is 23.5 Å². The van der Waals surface area contributed by atoms with Crippen LogP contribution in [0.4, 0.5) is 0 Å². The Balaban J connectivity index is 1.86. The van der Waals surface area contributed by atoms with Crippen LogP contribution in [0.25, 0.3) is 0 Å². The van der Waals surface area contributed by atoms with Gasteiger partial charge in [0, 0.05) is 11.6 Å². The molecular formula is C13H17N3O2S2. The van der Waals surface area contributed by atoms with Crippen molar-refractivity contribution in [1.82, 2.24) is 10.3 Å². The van der Waals surface area contributed by atoms with Crippen molar-refractivity contribution < 1.29 is 8.42 Å². The lowest BCUT2D eigenvalue weighted by molar-refractivity contribution is 0.574. The molecule has 2 rings (SSSR count). The molecule has 1 unspecified atom stereocenters. The maximum Gasteiger partial charge on any atom is 0.238 e. The van der Waals surface area contributed by atoms with Gasteiger partial charge in [0.25, 0.3) is 0 Å². The molecule has 0 bridgehead atoms. The summed E-state index contributed by atoms with van der Waals surface area (Å²) in [4.78, 5) is 4.40. The number of sulfonamides is 1. The molecule has 0 aliphatic rings. The number of benzene rings is 1. The zero-order chi connectivity index (χ0) is 14.6. The Morgan fingerprint density at radius 1 is 1.35 bits per heavy atom. The van der Waals surface area contributed by atoms with Gasteiger partial charge in [-0.1, -0.05) is 12.1 Å². The van der Waals surface area contributed by atoms with Gasteiger partial charge >= 0.3 is 0 Å². The van der Waals surface area contributed by atoms with E-state index in [0.717, 1.165) is 23.5 Å². The van der Waals surface area contributed by atoms with Crippen LogP contribution in [0.15, 0.2) is 40.7 Å². The average Bonchev–Trinajstić information content (AvgIpc) is 2.92. The van der Waals surface area contributed by atoms with E-state index in [1.54, 1.807) is 29.7 Å². The van der Waals surface area contributed by atoms with Crippen LogP contribution in [-0.2, 0) is 16.4 Å². The summed E-state index contributed by atoms with van der Waals surface area (Å²) in [5, 5.41) is 11.5. The fourth-order valence-electron chi connectivity index (χ4n) is 1.81. The summed E-state index contributed by atoms with van der Waals surface area (Å²) in [6, 6.07) is 6.87. The number of nitrogens with two attached hydrogens (primary N) is 1. The van der Waals surface area contributed by atoms with Gasteiger partial charge in [0.05, 0.1) is 10.9 Å². The first-order valence-corrected chi connectivity index (χ1v) is 8.64. The molecule has 0 amide bonds. The molecule has 0 radical (unpaired) electrons. The maximum absolute atomic E-state index is 11.1. The highest BCUT2D eigenvalue weighted by Crippen LogP contribution is 2.14. The van der Waals surface area contributed by atoms with Crippen molar-refractivity contribution in [2.24, 2.45) is 5.14 Å². The zero-order valence-electron chi connectivity index (χ0n) is 11.1. The van der Waals surface area contributed by atoms with E-state index in [0.29, 0.717) is 0 Å². The number of aromatic nitrogens is 1. The Bertz CT molecular complexity index is 637. The number of hydrogen-bond acceptors (Lipinski definition) is 5. The molecule has 1 heterocycles. The Hall–Kier alpha value is -1.28. The zero-order valence-corrected chi connectivity index (χ0v) is 12.7. The number of rotatable bonds is 6. The van der Waals surface area contributed by atoms with Crippen LogP contribution in [0.2, 0.25) is 0 Å². The number of nitrogens with zero attached hydrogens (tertiary/aromatic N) is 1. The van der Waals surface area contributed by atoms with Gasteiger partial charge in [-0.05, 0) is 37.6 Å². The van der Waals surface area contributed by atoms with E-state index in [1.807, 2.05) is 5.38 Å². The van der Waals surface area contributed by atoms with E-state index in [-0.39, 0.29) is 10.9 Å². The molecule has 1 aromatic heterocycles. The minimum atomic E-state index is -3.61. The van der Waals surface area contributed by atoms with Gasteiger partial charge in [0.2, 0.25) is 10.0 Å². The third-order valence-electron chi connectivity index (χ3n) is 2.94. The lowest BCUT2D eigenvalue weighted by Gasteiger charge is -2.11. The highest BCUT2D eigenvalue weighted by molar-refractivity contribution is 7.89. The summed E-state index contributed by atoms with van der Waals surface area (Å²) in [5.41, 5.74) is 1.07. The predicted octanol–water partition coefficient (Wildman–Crippen LogP) is 1.68. The lowest BCUT2D eigenvalue weighted by atomic mass is 10.1. The molecule has 5 nitrogen and oxygen atoms in total. The predicted molar refractivity (Wildman–Crippen MR) is 80.1 cm³/mol. The second-order valence-electron chi connectivity index (χ2n) is 4.49. The summed E-state index contributed by atoms with van der Waals surface area (Å²) in [7, 11) is -3.61. The highest BCUT2D eigenvalue weighted by atomic mass is 32.2. The van der Waals surface area contributed by atoms with Crippen molar-refractivity contribution >= 4 is 21.4 Å². The quantitative estimate of drug-likeness (QED) is 0.850. The first kappa shape index (κ1) is 15.1. The first-order valence-electron chi connectivity index (χ1n) is 6.21. The fourth-order valence-corrected chi connectivity index (χ4v) is 3.00. The Morgan fingerprint density at radius 2 is 2.05 bits per heavy atom. The number of thiazole rings is 1. The van der Waals surface area contributed by atoms with Gasteiger partial charge in [0.15, 0.2) is 0 Å². The van der Waals surface area contributed by atoms with Crippen LogP contribution in [0.5, 0.6) is 0 Å². The van der Waals surface area contributed by atoms with Crippen molar-refractivity contribution in [3.63, 3.8) is 0 Å². The molecule has 0 saturated heterocycles. The van der Waals surface area contributed by atoms with E-state index < -0.39 is 10.0 Å². The van der Waals surface area contributed by atoms with E-state index in [9.17, 15) is 8.42 Å².